The Morgan fingerprint density at radius 1 is 0.726 bits per heavy atom. The van der Waals surface area contributed by atoms with Gasteiger partial charge in [-0.1, -0.05) is 101 Å². The van der Waals surface area contributed by atoms with Crippen molar-refractivity contribution < 1.29 is 47.8 Å². The van der Waals surface area contributed by atoms with Crippen molar-refractivity contribution >= 4 is 24.0 Å². The summed E-state index contributed by atoms with van der Waals surface area (Å²) in [6.07, 6.45) is 25.5. The first-order valence-electron chi connectivity index (χ1n) is 26.3. The molecule has 0 spiro atoms. The predicted molar refractivity (Wildman–Crippen MR) is 291 cm³/mol. The number of esters is 2. The van der Waals surface area contributed by atoms with E-state index in [1.807, 2.05) is 43.2 Å². The van der Waals surface area contributed by atoms with Crippen molar-refractivity contribution in [1.82, 2.24) is 0 Å². The molecule has 2 aliphatic rings. The normalized spacial score (nSPS) is 15.7. The van der Waals surface area contributed by atoms with Crippen LogP contribution >= 0.6 is 0 Å². The topological polar surface area (TPSA) is 137 Å². The van der Waals surface area contributed by atoms with E-state index in [0.29, 0.717) is 42.3 Å². The molecule has 0 bridgehead atoms. The van der Waals surface area contributed by atoms with Crippen molar-refractivity contribution in [2.24, 2.45) is 5.92 Å². The zero-order chi connectivity index (χ0) is 52.9. The number of allylic oxidation sites excluding steroid dienone is 1. The summed E-state index contributed by atoms with van der Waals surface area (Å²) in [5.74, 6) is 4.45. The van der Waals surface area contributed by atoms with Gasteiger partial charge >= 0.3 is 23.2 Å². The molecule has 6 rings (SSSR count). The van der Waals surface area contributed by atoms with E-state index in [9.17, 15) is 19.5 Å². The van der Waals surface area contributed by atoms with Crippen LogP contribution in [-0.4, -0.2) is 55.5 Å². The summed E-state index contributed by atoms with van der Waals surface area (Å²) < 4.78 is 34.7. The third kappa shape index (κ3) is 25.2. The van der Waals surface area contributed by atoms with Gasteiger partial charge in [-0.25, -0.2) is 14.4 Å². The molecule has 0 amide bonds. The fraction of sp³-hybridized carbons (Fsp3) is 0.444. The van der Waals surface area contributed by atoms with Crippen LogP contribution in [0.15, 0.2) is 129 Å². The van der Waals surface area contributed by atoms with E-state index in [1.165, 1.54) is 80.4 Å². The maximum atomic E-state index is 12.6. The molecule has 0 aliphatic heterocycles. The van der Waals surface area contributed by atoms with Gasteiger partial charge in [0, 0.05) is 18.3 Å². The average Bonchev–Trinajstić information content (AvgIpc) is 3.43. The fourth-order valence-electron chi connectivity index (χ4n) is 8.85. The number of ether oxygens (including phenoxy) is 5. The van der Waals surface area contributed by atoms with Crippen molar-refractivity contribution in [2.45, 2.75) is 148 Å². The summed E-state index contributed by atoms with van der Waals surface area (Å²) >= 11 is 0. The molecular weight excluding hydrogens is 917 g/mol. The molecule has 2 aliphatic carbocycles. The number of benzene rings is 4. The second-order valence-electron chi connectivity index (χ2n) is 18.6. The Hall–Kier alpha value is -6.41. The summed E-state index contributed by atoms with van der Waals surface area (Å²) in [6, 6.07) is 29.2. The Morgan fingerprint density at radius 2 is 1.33 bits per heavy atom. The second kappa shape index (κ2) is 37.4. The third-order valence-electron chi connectivity index (χ3n) is 13.1. The number of hydrogen-bond acceptors (Lipinski definition) is 9. The van der Waals surface area contributed by atoms with Crippen LogP contribution in [0.2, 0.25) is 0 Å². The molecule has 0 aromatic heterocycles. The minimum atomic E-state index is -0.376. The summed E-state index contributed by atoms with van der Waals surface area (Å²) in [6.45, 7) is 21.9. The molecule has 10 heteroatoms. The Balaban J connectivity index is 0.000000317. The monoisotopic (exact) mass is 997 g/mol. The third-order valence-corrected chi connectivity index (χ3v) is 13.1. The van der Waals surface area contributed by atoms with Crippen molar-refractivity contribution in [1.29, 1.82) is 0 Å². The second-order valence-corrected chi connectivity index (χ2v) is 18.6. The van der Waals surface area contributed by atoms with E-state index in [-0.39, 0.29) is 11.9 Å². The molecule has 1 N–H and O–H groups in total. The molecule has 10 nitrogen and oxygen atoms in total. The van der Waals surface area contributed by atoms with Crippen LogP contribution in [0.4, 0.5) is 0 Å². The van der Waals surface area contributed by atoms with E-state index in [0.717, 1.165) is 112 Å². The number of aryl methyl sites for hydroxylation is 1. The van der Waals surface area contributed by atoms with E-state index in [2.05, 4.69) is 69.7 Å². The summed E-state index contributed by atoms with van der Waals surface area (Å²) in [5, 5.41) is 9.47. The molecule has 0 atom stereocenters. The molecule has 2 fully saturated rings. The number of phenolic OH excluding ortho intramolecular Hbond substituents is 1. The van der Waals surface area contributed by atoms with Crippen LogP contribution in [0, 0.1) is 19.5 Å². The van der Waals surface area contributed by atoms with Crippen molar-refractivity contribution in [3.05, 3.63) is 169 Å². The zero-order valence-electron chi connectivity index (χ0n) is 43.6. The van der Waals surface area contributed by atoms with Gasteiger partial charge in [-0.3, -0.25) is 0 Å². The van der Waals surface area contributed by atoms with Gasteiger partial charge in [-0.05, 0) is 192 Å². The van der Waals surface area contributed by atoms with E-state index in [4.69, 9.17) is 28.3 Å². The van der Waals surface area contributed by atoms with Crippen LogP contribution in [0.3, 0.4) is 0 Å². The average molecular weight is 997 g/mol. The van der Waals surface area contributed by atoms with E-state index < -0.39 is 0 Å². The molecule has 4 aromatic rings. The molecule has 0 saturated heterocycles. The Morgan fingerprint density at radius 3 is 1.92 bits per heavy atom. The molecule has 0 unspecified atom stereocenters. The molecule has 0 radical (unpaired) electrons. The minimum absolute atomic E-state index is 0.353. The van der Waals surface area contributed by atoms with Crippen LogP contribution in [0.1, 0.15) is 167 Å². The van der Waals surface area contributed by atoms with Crippen molar-refractivity contribution in [3.8, 4) is 17.2 Å². The van der Waals surface area contributed by atoms with Crippen molar-refractivity contribution in [3.63, 3.8) is 0 Å². The maximum absolute atomic E-state index is 12.6. The number of carbonyl (C=O) groups is 2. The van der Waals surface area contributed by atoms with Gasteiger partial charge in [0.25, 0.3) is 0 Å². The summed E-state index contributed by atoms with van der Waals surface area (Å²) in [5.41, 5.74) is 7.31. The number of unbranched alkanes of at least 4 members (excludes halogenated alkanes) is 6. The standard InChI is InChI=1S/C31H40O5.C16H16O.C15H24O3.CO/c1-3-9-24-10-12-25(13-11-24)26-14-20-29(21-15-26)36-31(33)27-16-18-28(19-17-27)34-22-7-5-6-8-23-35-30(32)4-2;1-3-13-4-6-14(7-5-13)11-15-8-9-16(17)12(2)10-15;1-2-17-11-5-3-4-6-12-18-15-9-7-14(13-16)8-10-15;1-2/h4,14-21,24-25H,2-3,5-13,22-23H2,1H3;3-10,17H,1,11H2,2H3;2,15H,1,3-12H2;. The number of hydrogen-bond donors (Lipinski definition) is 1. The van der Waals surface area contributed by atoms with E-state index in [1.54, 1.807) is 30.3 Å². The first-order chi connectivity index (χ1) is 35.6. The van der Waals surface area contributed by atoms with Gasteiger partial charge in [0.1, 0.15) is 23.2 Å². The van der Waals surface area contributed by atoms with Crippen LogP contribution < -0.4 is 9.47 Å². The number of phenols is 1. The number of aromatic hydroxyl groups is 1. The van der Waals surface area contributed by atoms with Crippen LogP contribution in [-0.2, 0) is 34.9 Å². The Kier molecular flexibility index (Phi) is 31.2. The predicted octanol–water partition coefficient (Wildman–Crippen LogP) is 15.0. The van der Waals surface area contributed by atoms with E-state index >= 15 is 0 Å². The Bertz CT molecular complexity index is 2250. The Labute approximate surface area is 436 Å². The fourth-order valence-corrected chi connectivity index (χ4v) is 8.85. The van der Waals surface area contributed by atoms with Gasteiger partial charge in [0.2, 0.25) is 0 Å². The number of carbonyl (C=O) groups excluding carboxylic acids is 3. The first kappa shape index (κ1) is 60.9. The zero-order valence-corrected chi connectivity index (χ0v) is 43.6. The quantitative estimate of drug-likeness (QED) is 0.00952. The molecule has 0 heterocycles. The molecule has 2 saturated carbocycles. The molecule has 73 heavy (non-hydrogen) atoms. The van der Waals surface area contributed by atoms with Crippen molar-refractivity contribution in [2.75, 3.05) is 26.4 Å². The van der Waals surface area contributed by atoms with Crippen LogP contribution in [0.5, 0.6) is 17.2 Å². The molecule has 392 valence electrons. The molecular formula is C63H80O10. The summed E-state index contributed by atoms with van der Waals surface area (Å²) in [7, 11) is 0. The van der Waals surface area contributed by atoms with Crippen LogP contribution in [0.25, 0.3) is 6.08 Å². The SMILES string of the molecule is C=CC(=O)OCCCCCCOc1ccc(C(=O)Oc2ccc(C3CCC(CCC)CC3)cc2)cc1.C=COCCCCCCOC1CCC(=C=O)CC1.C=Cc1ccc(Cc2ccc(O)c(C)c2)cc1.[C-]#[O+]. The first-order valence-corrected chi connectivity index (χ1v) is 26.3. The number of rotatable bonds is 26. The van der Waals surface area contributed by atoms with Gasteiger partial charge < -0.3 is 28.8 Å². The van der Waals surface area contributed by atoms with Gasteiger partial charge in [-0.2, -0.15) is 0 Å². The van der Waals surface area contributed by atoms with Gasteiger partial charge in [0.05, 0.1) is 37.8 Å². The molecule has 4 aromatic carbocycles. The van der Waals surface area contributed by atoms with Gasteiger partial charge in [0.15, 0.2) is 0 Å². The summed E-state index contributed by atoms with van der Waals surface area (Å²) in [4.78, 5) is 34.0. The van der Waals surface area contributed by atoms with Gasteiger partial charge in [-0.15, -0.1) is 0 Å².